The van der Waals surface area contributed by atoms with Crippen LogP contribution in [0.3, 0.4) is 0 Å². The summed E-state index contributed by atoms with van der Waals surface area (Å²) in [5.74, 6) is -0.889. The SMILES string of the molecule is CCc1cccc(NCc2ccccc2C(=O)O)c1. The number of aryl methyl sites for hydroxylation is 1. The average molecular weight is 255 g/mol. The molecule has 2 N–H and O–H groups in total. The number of rotatable bonds is 5. The number of nitrogens with one attached hydrogen (secondary N) is 1. The van der Waals surface area contributed by atoms with Crippen molar-refractivity contribution in [3.05, 3.63) is 65.2 Å². The van der Waals surface area contributed by atoms with Gasteiger partial charge in [-0.3, -0.25) is 0 Å². The van der Waals surface area contributed by atoms with Gasteiger partial charge in [0, 0.05) is 12.2 Å². The van der Waals surface area contributed by atoms with Crippen molar-refractivity contribution in [2.45, 2.75) is 19.9 Å². The number of carboxylic acid groups (broad SMARTS) is 1. The molecule has 0 radical (unpaired) electrons. The molecule has 2 rings (SSSR count). The van der Waals surface area contributed by atoms with Crippen molar-refractivity contribution >= 4 is 11.7 Å². The fourth-order valence-corrected chi connectivity index (χ4v) is 1.98. The Morgan fingerprint density at radius 2 is 1.95 bits per heavy atom. The summed E-state index contributed by atoms with van der Waals surface area (Å²) in [7, 11) is 0. The van der Waals surface area contributed by atoms with Crippen LogP contribution in [0.5, 0.6) is 0 Å². The van der Waals surface area contributed by atoms with Crippen molar-refractivity contribution in [1.29, 1.82) is 0 Å². The molecular formula is C16H17NO2. The Balaban J connectivity index is 2.12. The Morgan fingerprint density at radius 1 is 1.16 bits per heavy atom. The third-order valence-electron chi connectivity index (χ3n) is 3.07. The molecule has 0 heterocycles. The Morgan fingerprint density at radius 3 is 2.68 bits per heavy atom. The van der Waals surface area contributed by atoms with Gasteiger partial charge in [0.2, 0.25) is 0 Å². The van der Waals surface area contributed by atoms with Crippen LogP contribution in [0.25, 0.3) is 0 Å². The first-order valence-electron chi connectivity index (χ1n) is 6.34. The van der Waals surface area contributed by atoms with Crippen molar-refractivity contribution in [2.75, 3.05) is 5.32 Å². The molecule has 0 bridgehead atoms. The molecule has 0 aliphatic carbocycles. The van der Waals surface area contributed by atoms with Gasteiger partial charge in [0.05, 0.1) is 5.56 Å². The van der Waals surface area contributed by atoms with Crippen molar-refractivity contribution in [2.24, 2.45) is 0 Å². The first-order valence-corrected chi connectivity index (χ1v) is 6.34. The van der Waals surface area contributed by atoms with Crippen LogP contribution in [-0.4, -0.2) is 11.1 Å². The molecule has 0 atom stereocenters. The van der Waals surface area contributed by atoms with E-state index < -0.39 is 5.97 Å². The van der Waals surface area contributed by atoms with E-state index in [1.165, 1.54) is 5.56 Å². The lowest BCUT2D eigenvalue weighted by Gasteiger charge is -2.10. The van der Waals surface area contributed by atoms with E-state index in [2.05, 4.69) is 24.4 Å². The molecule has 98 valence electrons. The summed E-state index contributed by atoms with van der Waals surface area (Å²) in [5.41, 5.74) is 3.41. The van der Waals surface area contributed by atoms with Gasteiger partial charge in [-0.2, -0.15) is 0 Å². The number of carbonyl (C=O) groups is 1. The minimum atomic E-state index is -0.889. The van der Waals surface area contributed by atoms with Gasteiger partial charge in [-0.25, -0.2) is 4.79 Å². The largest absolute Gasteiger partial charge is 0.478 e. The van der Waals surface area contributed by atoms with Gasteiger partial charge in [0.15, 0.2) is 0 Å². The van der Waals surface area contributed by atoms with E-state index in [0.717, 1.165) is 17.7 Å². The van der Waals surface area contributed by atoms with Gasteiger partial charge in [-0.1, -0.05) is 37.3 Å². The van der Waals surface area contributed by atoms with E-state index >= 15 is 0 Å². The van der Waals surface area contributed by atoms with E-state index in [9.17, 15) is 4.79 Å². The van der Waals surface area contributed by atoms with Crippen LogP contribution in [0.2, 0.25) is 0 Å². The number of benzene rings is 2. The normalized spacial score (nSPS) is 10.2. The number of anilines is 1. The quantitative estimate of drug-likeness (QED) is 0.858. The minimum Gasteiger partial charge on any atom is -0.478 e. The zero-order chi connectivity index (χ0) is 13.7. The van der Waals surface area contributed by atoms with Gasteiger partial charge in [0.25, 0.3) is 0 Å². The third kappa shape index (κ3) is 3.35. The average Bonchev–Trinajstić information content (AvgIpc) is 2.45. The van der Waals surface area contributed by atoms with Crippen LogP contribution in [0, 0.1) is 0 Å². The lowest BCUT2D eigenvalue weighted by atomic mass is 10.1. The summed E-state index contributed by atoms with van der Waals surface area (Å²) in [6, 6.07) is 15.2. The highest BCUT2D eigenvalue weighted by atomic mass is 16.4. The number of aromatic carboxylic acids is 1. The number of carboxylic acids is 1. The summed E-state index contributed by atoms with van der Waals surface area (Å²) in [4.78, 5) is 11.1. The van der Waals surface area contributed by atoms with Gasteiger partial charge < -0.3 is 10.4 Å². The van der Waals surface area contributed by atoms with Crippen LogP contribution in [0.15, 0.2) is 48.5 Å². The first kappa shape index (κ1) is 13.1. The Bertz CT molecular complexity index is 578. The summed E-state index contributed by atoms with van der Waals surface area (Å²) < 4.78 is 0. The molecular weight excluding hydrogens is 238 g/mol. The van der Waals surface area contributed by atoms with E-state index in [0.29, 0.717) is 12.1 Å². The van der Waals surface area contributed by atoms with Gasteiger partial charge in [-0.15, -0.1) is 0 Å². The zero-order valence-corrected chi connectivity index (χ0v) is 10.9. The molecule has 0 spiro atoms. The molecule has 0 aliphatic rings. The maximum Gasteiger partial charge on any atom is 0.336 e. The van der Waals surface area contributed by atoms with Crippen LogP contribution >= 0.6 is 0 Å². The standard InChI is InChI=1S/C16H17NO2/c1-2-12-6-5-8-14(10-12)17-11-13-7-3-4-9-15(13)16(18)19/h3-10,17H,2,11H2,1H3,(H,18,19). The molecule has 0 aromatic heterocycles. The molecule has 2 aromatic rings. The summed E-state index contributed by atoms with van der Waals surface area (Å²) in [5, 5.41) is 12.4. The summed E-state index contributed by atoms with van der Waals surface area (Å²) >= 11 is 0. The van der Waals surface area contributed by atoms with Gasteiger partial charge in [-0.05, 0) is 35.7 Å². The number of hydrogen-bond acceptors (Lipinski definition) is 2. The Hall–Kier alpha value is -2.29. The van der Waals surface area contributed by atoms with Crippen LogP contribution in [0.1, 0.15) is 28.4 Å². The molecule has 0 amide bonds. The second-order valence-electron chi connectivity index (χ2n) is 4.37. The monoisotopic (exact) mass is 255 g/mol. The highest BCUT2D eigenvalue weighted by molar-refractivity contribution is 5.89. The van der Waals surface area contributed by atoms with Crippen molar-refractivity contribution in [1.82, 2.24) is 0 Å². The van der Waals surface area contributed by atoms with E-state index in [1.807, 2.05) is 24.3 Å². The topological polar surface area (TPSA) is 49.3 Å². The predicted octanol–water partition coefficient (Wildman–Crippen LogP) is 3.56. The van der Waals surface area contributed by atoms with Crippen molar-refractivity contribution in [3.63, 3.8) is 0 Å². The van der Waals surface area contributed by atoms with Gasteiger partial charge >= 0.3 is 5.97 Å². The summed E-state index contributed by atoms with van der Waals surface area (Å²) in [6.45, 7) is 2.62. The zero-order valence-electron chi connectivity index (χ0n) is 10.9. The van der Waals surface area contributed by atoms with Gasteiger partial charge in [0.1, 0.15) is 0 Å². The smallest absolute Gasteiger partial charge is 0.336 e. The molecule has 0 aliphatic heterocycles. The van der Waals surface area contributed by atoms with E-state index in [4.69, 9.17) is 5.11 Å². The predicted molar refractivity (Wildman–Crippen MR) is 76.5 cm³/mol. The molecule has 3 nitrogen and oxygen atoms in total. The second-order valence-corrected chi connectivity index (χ2v) is 4.37. The maximum atomic E-state index is 11.1. The van der Waals surface area contributed by atoms with E-state index in [-0.39, 0.29) is 0 Å². The van der Waals surface area contributed by atoms with E-state index in [1.54, 1.807) is 12.1 Å². The highest BCUT2D eigenvalue weighted by Gasteiger charge is 2.08. The molecule has 0 unspecified atom stereocenters. The molecule has 19 heavy (non-hydrogen) atoms. The summed E-state index contributed by atoms with van der Waals surface area (Å²) in [6.07, 6.45) is 0.987. The van der Waals surface area contributed by atoms with Crippen LogP contribution < -0.4 is 5.32 Å². The lowest BCUT2D eigenvalue weighted by Crippen LogP contribution is -2.07. The van der Waals surface area contributed by atoms with Crippen LogP contribution in [-0.2, 0) is 13.0 Å². The minimum absolute atomic E-state index is 0.349. The molecule has 0 saturated heterocycles. The second kappa shape index (κ2) is 6.05. The fourth-order valence-electron chi connectivity index (χ4n) is 1.98. The Labute approximate surface area is 112 Å². The number of hydrogen-bond donors (Lipinski definition) is 2. The molecule has 2 aromatic carbocycles. The molecule has 0 fully saturated rings. The lowest BCUT2D eigenvalue weighted by molar-refractivity contribution is 0.0696. The Kier molecular flexibility index (Phi) is 4.18. The third-order valence-corrected chi connectivity index (χ3v) is 3.07. The highest BCUT2D eigenvalue weighted by Crippen LogP contribution is 2.14. The van der Waals surface area contributed by atoms with Crippen LogP contribution in [0.4, 0.5) is 5.69 Å². The van der Waals surface area contributed by atoms with Crippen molar-refractivity contribution < 1.29 is 9.90 Å². The first-order chi connectivity index (χ1) is 9.20. The van der Waals surface area contributed by atoms with Crippen molar-refractivity contribution in [3.8, 4) is 0 Å². The molecule has 0 saturated carbocycles. The maximum absolute atomic E-state index is 11.1. The fraction of sp³-hybridized carbons (Fsp3) is 0.188. The molecule has 3 heteroatoms.